The fourth-order valence-corrected chi connectivity index (χ4v) is 4.49. The fraction of sp³-hybridized carbons (Fsp3) is 0.276. The van der Waals surface area contributed by atoms with E-state index in [-0.39, 0.29) is 0 Å². The van der Waals surface area contributed by atoms with Crippen molar-refractivity contribution in [3.63, 3.8) is 0 Å². The number of nitrogens with zero attached hydrogens (tertiary/aromatic N) is 3. The molecule has 1 atom stereocenters. The Morgan fingerprint density at radius 3 is 2.27 bits per heavy atom. The van der Waals surface area contributed by atoms with Gasteiger partial charge in [-0.1, -0.05) is 91.7 Å². The number of aryl methyl sites for hydroxylation is 1. The minimum absolute atomic E-state index is 0.861. The van der Waals surface area contributed by atoms with Crippen LogP contribution in [0.15, 0.2) is 85.1 Å². The Balaban J connectivity index is 1.64. The highest BCUT2D eigenvalue weighted by Gasteiger charge is 2.16. The van der Waals surface area contributed by atoms with Crippen LogP contribution < -0.4 is 5.30 Å². The van der Waals surface area contributed by atoms with Gasteiger partial charge in [0.2, 0.25) is 0 Å². The molecule has 0 amide bonds. The average molecular weight is 456 g/mol. The quantitative estimate of drug-likeness (QED) is 0.259. The third-order valence-corrected chi connectivity index (χ3v) is 6.34. The lowest BCUT2D eigenvalue weighted by atomic mass is 10.1. The number of rotatable bonds is 10. The molecule has 0 bridgehead atoms. The van der Waals surface area contributed by atoms with E-state index in [0.29, 0.717) is 0 Å². The molecule has 0 radical (unpaired) electrons. The second-order valence-electron chi connectivity index (χ2n) is 8.82. The van der Waals surface area contributed by atoms with Crippen molar-refractivity contribution in [2.45, 2.75) is 52.9 Å². The van der Waals surface area contributed by atoms with Gasteiger partial charge in [-0.05, 0) is 35.8 Å². The predicted molar refractivity (Wildman–Crippen MR) is 142 cm³/mol. The first kappa shape index (κ1) is 23.4. The van der Waals surface area contributed by atoms with Crippen molar-refractivity contribution in [1.82, 2.24) is 14.5 Å². The largest absolute Gasteiger partial charge is 0.327 e. The fourth-order valence-electron chi connectivity index (χ4n) is 4.20. The van der Waals surface area contributed by atoms with Crippen LogP contribution in [-0.4, -0.2) is 14.5 Å². The van der Waals surface area contributed by atoms with E-state index in [1.54, 1.807) is 0 Å². The smallest absolute Gasteiger partial charge is 0.140 e. The molecule has 1 heterocycles. The van der Waals surface area contributed by atoms with Crippen molar-refractivity contribution in [2.75, 3.05) is 0 Å². The molecular weight excluding hydrogens is 421 g/mol. The Kier molecular flexibility index (Phi) is 8.10. The van der Waals surface area contributed by atoms with E-state index in [0.717, 1.165) is 44.8 Å². The van der Waals surface area contributed by atoms with Gasteiger partial charge in [-0.25, -0.2) is 4.98 Å². The van der Waals surface area contributed by atoms with E-state index in [4.69, 9.17) is 4.98 Å². The lowest BCUT2D eigenvalue weighted by molar-refractivity contribution is 0.241. The first-order valence-electron chi connectivity index (χ1n) is 11.8. The van der Waals surface area contributed by atoms with Crippen molar-refractivity contribution < 1.29 is 0 Å². The lowest BCUT2D eigenvalue weighted by Crippen LogP contribution is -2.24. The van der Waals surface area contributed by atoms with Gasteiger partial charge >= 0.3 is 0 Å². The Morgan fingerprint density at radius 1 is 0.848 bits per heavy atom. The maximum Gasteiger partial charge on any atom is 0.140 e. The monoisotopic (exact) mass is 455 g/mol. The van der Waals surface area contributed by atoms with E-state index < -0.39 is 0 Å². The van der Waals surface area contributed by atoms with Gasteiger partial charge < -0.3 is 4.57 Å². The van der Waals surface area contributed by atoms with Crippen LogP contribution in [0.4, 0.5) is 0 Å². The van der Waals surface area contributed by atoms with Crippen LogP contribution in [0, 0.1) is 6.92 Å². The summed E-state index contributed by atoms with van der Waals surface area (Å²) < 4.78 is 2.43. The van der Waals surface area contributed by atoms with Gasteiger partial charge in [-0.3, -0.25) is 4.90 Å². The molecule has 3 aromatic carbocycles. The summed E-state index contributed by atoms with van der Waals surface area (Å²) in [6, 6.07) is 28.2. The molecule has 0 aliphatic carbocycles. The molecule has 0 saturated carbocycles. The summed E-state index contributed by atoms with van der Waals surface area (Å²) in [5.74, 6) is 1.07. The molecule has 1 aromatic heterocycles. The van der Waals surface area contributed by atoms with Gasteiger partial charge in [0.05, 0.1) is 11.9 Å². The van der Waals surface area contributed by atoms with Crippen molar-refractivity contribution in [2.24, 2.45) is 0 Å². The number of unbranched alkanes of at least 4 members (excludes halogenated alkanes) is 1. The van der Waals surface area contributed by atoms with Crippen LogP contribution in [0.3, 0.4) is 0 Å². The van der Waals surface area contributed by atoms with E-state index in [1.165, 1.54) is 33.3 Å². The predicted octanol–water partition coefficient (Wildman–Crippen LogP) is 6.36. The van der Waals surface area contributed by atoms with E-state index >= 15 is 0 Å². The number of benzene rings is 3. The maximum atomic E-state index is 4.89. The van der Waals surface area contributed by atoms with Gasteiger partial charge in [0, 0.05) is 31.7 Å². The summed E-state index contributed by atoms with van der Waals surface area (Å²) in [5.41, 5.74) is 6.42. The lowest BCUT2D eigenvalue weighted by Gasteiger charge is -2.24. The van der Waals surface area contributed by atoms with Crippen LogP contribution in [0.2, 0.25) is 0 Å². The number of imidazole rings is 1. The second-order valence-corrected chi connectivity index (χ2v) is 9.49. The molecule has 0 aliphatic heterocycles. The van der Waals surface area contributed by atoms with Gasteiger partial charge in [0.15, 0.2) is 0 Å². The van der Waals surface area contributed by atoms with Crippen LogP contribution in [0.25, 0.3) is 11.4 Å². The van der Waals surface area contributed by atoms with Gasteiger partial charge in [-0.2, -0.15) is 0 Å². The molecule has 4 rings (SSSR count). The van der Waals surface area contributed by atoms with E-state index in [1.807, 2.05) is 0 Å². The van der Waals surface area contributed by atoms with Crippen LogP contribution in [0.1, 0.15) is 42.1 Å². The highest BCUT2D eigenvalue weighted by molar-refractivity contribution is 7.27. The highest BCUT2D eigenvalue weighted by Crippen LogP contribution is 2.23. The summed E-state index contributed by atoms with van der Waals surface area (Å²) in [6.07, 6.45) is 4.39. The highest BCUT2D eigenvalue weighted by atomic mass is 31.0. The summed E-state index contributed by atoms with van der Waals surface area (Å²) in [5, 5.41) is 1.18. The zero-order valence-corrected chi connectivity index (χ0v) is 20.9. The maximum absolute atomic E-state index is 4.89. The summed E-state index contributed by atoms with van der Waals surface area (Å²) in [7, 11) is 2.80. The Morgan fingerprint density at radius 2 is 1.58 bits per heavy atom. The standard InChI is InChI=1S/C29H34N3P/c1-3-4-17-32-27(19-30-29(32)26-11-8-12-28(33)18-26)22-31(20-24-9-6-5-7-10-24)21-25-15-13-23(2)14-16-25/h5-16,18-19H,3-4,17,20-22,33H2,1-2H3. The first-order valence-corrected chi connectivity index (χ1v) is 12.4. The molecule has 4 aromatic rings. The zero-order chi connectivity index (χ0) is 23.0. The third-order valence-electron chi connectivity index (χ3n) is 5.98. The van der Waals surface area contributed by atoms with E-state index in [9.17, 15) is 0 Å². The molecule has 170 valence electrons. The summed E-state index contributed by atoms with van der Waals surface area (Å²) >= 11 is 0. The molecule has 0 fully saturated rings. The van der Waals surface area contributed by atoms with Crippen molar-refractivity contribution in [1.29, 1.82) is 0 Å². The van der Waals surface area contributed by atoms with Crippen LogP contribution >= 0.6 is 9.24 Å². The summed E-state index contributed by atoms with van der Waals surface area (Å²) in [6.45, 7) is 8.06. The second kappa shape index (κ2) is 11.4. The zero-order valence-electron chi connectivity index (χ0n) is 19.7. The molecule has 3 nitrogen and oxygen atoms in total. The van der Waals surface area contributed by atoms with Crippen LogP contribution in [-0.2, 0) is 26.2 Å². The number of hydrogen-bond acceptors (Lipinski definition) is 2. The van der Waals surface area contributed by atoms with Crippen molar-refractivity contribution in [3.8, 4) is 11.4 Å². The molecule has 0 aliphatic rings. The van der Waals surface area contributed by atoms with Crippen molar-refractivity contribution >= 4 is 14.5 Å². The molecule has 1 unspecified atom stereocenters. The average Bonchev–Trinajstić information content (AvgIpc) is 3.22. The topological polar surface area (TPSA) is 21.1 Å². The van der Waals surface area contributed by atoms with Crippen molar-refractivity contribution in [3.05, 3.63) is 107 Å². The van der Waals surface area contributed by atoms with E-state index in [2.05, 4.69) is 118 Å². The summed E-state index contributed by atoms with van der Waals surface area (Å²) in [4.78, 5) is 7.41. The molecule has 0 saturated heterocycles. The van der Waals surface area contributed by atoms with Gasteiger partial charge in [0.25, 0.3) is 0 Å². The molecule has 4 heteroatoms. The number of aromatic nitrogens is 2. The number of hydrogen-bond donors (Lipinski definition) is 0. The minimum Gasteiger partial charge on any atom is -0.327 e. The Bertz CT molecular complexity index is 1150. The van der Waals surface area contributed by atoms with Crippen LogP contribution in [0.5, 0.6) is 0 Å². The molecule has 0 N–H and O–H groups in total. The third kappa shape index (κ3) is 6.41. The van der Waals surface area contributed by atoms with Gasteiger partial charge in [0.1, 0.15) is 5.82 Å². The first-order chi connectivity index (χ1) is 16.1. The SMILES string of the molecule is CCCCn1c(CN(Cc2ccccc2)Cc2ccc(C)cc2)cnc1-c1cccc(P)c1. The Hall–Kier alpha value is -2.74. The Labute approximate surface area is 200 Å². The minimum atomic E-state index is 0.861. The molecule has 0 spiro atoms. The molecule has 33 heavy (non-hydrogen) atoms. The molecular formula is C29H34N3P. The van der Waals surface area contributed by atoms with Gasteiger partial charge in [-0.15, -0.1) is 9.24 Å². The normalized spacial score (nSPS) is 11.3.